The molecule has 2 aromatic rings. The van der Waals surface area contributed by atoms with Crippen LogP contribution in [0, 0.1) is 0 Å². The molecule has 2 heterocycles. The zero-order chi connectivity index (χ0) is 19.6. The van der Waals surface area contributed by atoms with Gasteiger partial charge in [-0.15, -0.1) is 0 Å². The second-order valence-corrected chi connectivity index (χ2v) is 7.33. The van der Waals surface area contributed by atoms with Crippen molar-refractivity contribution >= 4 is 17.5 Å². The first kappa shape index (κ1) is 19.1. The number of carbonyl (C=O) groups is 2. The quantitative estimate of drug-likeness (QED) is 0.842. The molecule has 2 N–H and O–H groups in total. The Morgan fingerprint density at radius 2 is 2.15 bits per heavy atom. The molecule has 0 spiro atoms. The Kier molecular flexibility index (Phi) is 5.60. The van der Waals surface area contributed by atoms with Gasteiger partial charge >= 0.3 is 0 Å². The molecular formula is C20H26N4O3. The van der Waals surface area contributed by atoms with E-state index in [9.17, 15) is 14.7 Å². The number of likely N-dealkylation sites (tertiary alicyclic amines) is 1. The van der Waals surface area contributed by atoms with Gasteiger partial charge in [-0.25, -0.2) is 4.98 Å². The van der Waals surface area contributed by atoms with E-state index in [0.717, 1.165) is 11.4 Å². The number of amides is 2. The van der Waals surface area contributed by atoms with Crippen molar-refractivity contribution in [2.24, 2.45) is 0 Å². The Morgan fingerprint density at radius 1 is 1.37 bits per heavy atom. The minimum Gasteiger partial charge on any atom is -0.391 e. The molecule has 1 aliphatic heterocycles. The molecule has 1 fully saturated rings. The van der Waals surface area contributed by atoms with Crippen molar-refractivity contribution in [3.8, 4) is 0 Å². The summed E-state index contributed by atoms with van der Waals surface area (Å²) in [5, 5.41) is 12.7. The summed E-state index contributed by atoms with van der Waals surface area (Å²) in [6.45, 7) is 6.49. The molecule has 1 aromatic heterocycles. The number of nitrogens with one attached hydrogen (secondary N) is 1. The second-order valence-electron chi connectivity index (χ2n) is 7.33. The van der Waals surface area contributed by atoms with E-state index in [4.69, 9.17) is 0 Å². The van der Waals surface area contributed by atoms with Gasteiger partial charge in [0.15, 0.2) is 0 Å². The number of rotatable bonds is 5. The van der Waals surface area contributed by atoms with E-state index in [0.29, 0.717) is 18.2 Å². The molecule has 2 atom stereocenters. The van der Waals surface area contributed by atoms with Crippen LogP contribution in [0.5, 0.6) is 0 Å². The summed E-state index contributed by atoms with van der Waals surface area (Å²) >= 11 is 0. The van der Waals surface area contributed by atoms with Gasteiger partial charge in [-0.2, -0.15) is 0 Å². The normalized spacial score (nSPS) is 19.5. The molecule has 1 aliphatic rings. The van der Waals surface area contributed by atoms with Crippen molar-refractivity contribution in [3.63, 3.8) is 0 Å². The van der Waals surface area contributed by atoms with Gasteiger partial charge in [-0.1, -0.05) is 26.0 Å². The fourth-order valence-corrected chi connectivity index (χ4v) is 3.54. The fraction of sp³-hybridized carbons (Fsp3) is 0.450. The maximum atomic E-state index is 12.6. The number of carbonyl (C=O) groups excluding carboxylic acids is 2. The Bertz CT molecular complexity index is 830. The molecule has 0 saturated carbocycles. The molecular weight excluding hydrogens is 344 g/mol. The standard InChI is InChI=1S/C20H26N4O3/c1-13(2)19-21-7-8-23(19)11-15-5-4-6-16(9-15)22-20(27)18-10-17(26)12-24(18)14(3)25/h4-9,13,17-18,26H,10-12H2,1-3H3,(H,22,27)/t17-,18-/m1/s1. The van der Waals surface area contributed by atoms with Crippen molar-refractivity contribution in [1.29, 1.82) is 0 Å². The summed E-state index contributed by atoms with van der Waals surface area (Å²) in [6.07, 6.45) is 3.35. The predicted octanol–water partition coefficient (Wildman–Crippen LogP) is 1.97. The van der Waals surface area contributed by atoms with E-state index in [-0.39, 0.29) is 24.8 Å². The molecule has 144 valence electrons. The van der Waals surface area contributed by atoms with E-state index in [1.165, 1.54) is 11.8 Å². The Balaban J connectivity index is 1.71. The fourth-order valence-electron chi connectivity index (χ4n) is 3.54. The van der Waals surface area contributed by atoms with Crippen molar-refractivity contribution in [1.82, 2.24) is 14.5 Å². The summed E-state index contributed by atoms with van der Waals surface area (Å²) in [4.78, 5) is 30.1. The number of aromatic nitrogens is 2. The van der Waals surface area contributed by atoms with Gasteiger partial charge < -0.3 is 19.9 Å². The predicted molar refractivity (Wildman–Crippen MR) is 102 cm³/mol. The van der Waals surface area contributed by atoms with Crippen molar-refractivity contribution < 1.29 is 14.7 Å². The monoisotopic (exact) mass is 370 g/mol. The number of aliphatic hydroxyl groups is 1. The van der Waals surface area contributed by atoms with Crippen LogP contribution in [0.15, 0.2) is 36.7 Å². The number of imidazole rings is 1. The maximum absolute atomic E-state index is 12.6. The highest BCUT2D eigenvalue weighted by Crippen LogP contribution is 2.21. The Morgan fingerprint density at radius 3 is 2.85 bits per heavy atom. The van der Waals surface area contributed by atoms with Crippen molar-refractivity contribution in [2.75, 3.05) is 11.9 Å². The van der Waals surface area contributed by atoms with E-state index in [1.807, 2.05) is 30.5 Å². The zero-order valence-electron chi connectivity index (χ0n) is 15.9. The van der Waals surface area contributed by atoms with Crippen molar-refractivity contribution in [2.45, 2.75) is 51.8 Å². The third-order valence-corrected chi connectivity index (χ3v) is 4.80. The molecule has 7 heteroatoms. The molecule has 3 rings (SSSR count). The first-order valence-electron chi connectivity index (χ1n) is 9.21. The lowest BCUT2D eigenvalue weighted by Gasteiger charge is -2.22. The highest BCUT2D eigenvalue weighted by atomic mass is 16.3. The summed E-state index contributed by atoms with van der Waals surface area (Å²) in [7, 11) is 0. The topological polar surface area (TPSA) is 87.5 Å². The van der Waals surface area contributed by atoms with Gasteiger partial charge in [0, 0.05) is 50.4 Å². The lowest BCUT2D eigenvalue weighted by molar-refractivity contribution is -0.134. The zero-order valence-corrected chi connectivity index (χ0v) is 15.9. The van der Waals surface area contributed by atoms with Crippen LogP contribution < -0.4 is 5.32 Å². The maximum Gasteiger partial charge on any atom is 0.247 e. The summed E-state index contributed by atoms with van der Waals surface area (Å²) in [5.41, 5.74) is 1.72. The third kappa shape index (κ3) is 4.36. The smallest absolute Gasteiger partial charge is 0.247 e. The van der Waals surface area contributed by atoms with E-state index in [2.05, 4.69) is 28.7 Å². The van der Waals surface area contributed by atoms with Crippen LogP contribution in [0.4, 0.5) is 5.69 Å². The number of hydrogen-bond donors (Lipinski definition) is 2. The van der Waals surface area contributed by atoms with E-state index < -0.39 is 12.1 Å². The summed E-state index contributed by atoms with van der Waals surface area (Å²) < 4.78 is 2.09. The van der Waals surface area contributed by atoms with Crippen molar-refractivity contribution in [3.05, 3.63) is 48.0 Å². The number of hydrogen-bond acceptors (Lipinski definition) is 4. The third-order valence-electron chi connectivity index (χ3n) is 4.80. The van der Waals surface area contributed by atoms with E-state index in [1.54, 1.807) is 6.20 Å². The average Bonchev–Trinajstić information content (AvgIpc) is 3.21. The van der Waals surface area contributed by atoms with Crippen LogP contribution >= 0.6 is 0 Å². The molecule has 27 heavy (non-hydrogen) atoms. The first-order chi connectivity index (χ1) is 12.8. The Labute approximate surface area is 159 Å². The Hall–Kier alpha value is -2.67. The number of benzene rings is 1. The summed E-state index contributed by atoms with van der Waals surface area (Å²) in [5.74, 6) is 0.863. The molecule has 1 saturated heterocycles. The SMILES string of the molecule is CC(=O)N1C[C@H](O)C[C@@H]1C(=O)Nc1cccc(Cn2ccnc2C(C)C)c1. The van der Waals surface area contributed by atoms with Crippen LogP contribution in [0.25, 0.3) is 0 Å². The molecule has 2 amide bonds. The lowest BCUT2D eigenvalue weighted by Crippen LogP contribution is -2.42. The van der Waals surface area contributed by atoms with Gasteiger partial charge in [0.25, 0.3) is 0 Å². The van der Waals surface area contributed by atoms with Crippen LogP contribution in [0.3, 0.4) is 0 Å². The average molecular weight is 370 g/mol. The molecule has 0 radical (unpaired) electrons. The van der Waals surface area contributed by atoms with Gasteiger partial charge in [-0.3, -0.25) is 9.59 Å². The molecule has 0 aliphatic carbocycles. The second kappa shape index (κ2) is 7.92. The van der Waals surface area contributed by atoms with Gasteiger partial charge in [0.1, 0.15) is 11.9 Å². The van der Waals surface area contributed by atoms with Gasteiger partial charge in [0.05, 0.1) is 6.10 Å². The van der Waals surface area contributed by atoms with Crippen LogP contribution in [0.1, 0.15) is 44.5 Å². The van der Waals surface area contributed by atoms with Gasteiger partial charge in [-0.05, 0) is 17.7 Å². The van der Waals surface area contributed by atoms with E-state index >= 15 is 0 Å². The minimum atomic E-state index is -0.660. The molecule has 1 aromatic carbocycles. The molecule has 0 unspecified atom stereocenters. The number of nitrogens with zero attached hydrogens (tertiary/aromatic N) is 3. The van der Waals surface area contributed by atoms with Crippen LogP contribution in [-0.4, -0.2) is 50.1 Å². The van der Waals surface area contributed by atoms with Crippen LogP contribution in [0.2, 0.25) is 0 Å². The highest BCUT2D eigenvalue weighted by Gasteiger charge is 2.37. The molecule has 0 bridgehead atoms. The number of anilines is 1. The number of aliphatic hydroxyl groups excluding tert-OH is 1. The van der Waals surface area contributed by atoms with Crippen LogP contribution in [-0.2, 0) is 16.1 Å². The minimum absolute atomic E-state index is 0.200. The largest absolute Gasteiger partial charge is 0.391 e. The highest BCUT2D eigenvalue weighted by molar-refractivity contribution is 5.97. The van der Waals surface area contributed by atoms with Gasteiger partial charge in [0.2, 0.25) is 11.8 Å². The summed E-state index contributed by atoms with van der Waals surface area (Å²) in [6, 6.07) is 7.00. The lowest BCUT2D eigenvalue weighted by atomic mass is 10.1. The molecule has 7 nitrogen and oxygen atoms in total. The number of β-amino-alcohol motifs (C(OH)–C–C–N with tert-alkyl or cyclic N) is 1. The first-order valence-corrected chi connectivity index (χ1v) is 9.21.